The summed E-state index contributed by atoms with van der Waals surface area (Å²) in [6, 6.07) is 8.54. The molecule has 4 aliphatic rings. The molecule has 6 heterocycles. The van der Waals surface area contributed by atoms with E-state index < -0.39 is 0 Å². The van der Waals surface area contributed by atoms with Crippen molar-refractivity contribution in [2.24, 2.45) is 17.6 Å². The minimum Gasteiger partial charge on any atom is -0.494 e. The van der Waals surface area contributed by atoms with Gasteiger partial charge in [0.25, 0.3) is 5.91 Å². The lowest BCUT2D eigenvalue weighted by Crippen LogP contribution is -2.52. The van der Waals surface area contributed by atoms with E-state index in [4.69, 9.17) is 25.3 Å². The standard InChI is InChI=1S/C31H37N7O3/c1-17-28(24-10-19-7-9-26(35-15-22(16-35)40-2)33-30(19)36(24)12-18-4-5-18)34-38-14-21(11-25(41-3)29(17)38)31(39)37-13-20-6-8-23(37)27(20)32/h7,9-11,14,18,20,22-23,27H,4-6,8,12-13,15-16,32H2,1-3H3/t20?,23?,27-/m1/s1. The van der Waals surface area contributed by atoms with E-state index in [0.29, 0.717) is 23.1 Å². The summed E-state index contributed by atoms with van der Waals surface area (Å²) in [5.74, 6) is 2.70. The number of anilines is 1. The number of likely N-dealkylation sites (tertiary alicyclic amines) is 1. The van der Waals surface area contributed by atoms with Gasteiger partial charge in [-0.25, -0.2) is 9.50 Å². The number of ether oxygens (including phenoxy) is 2. The normalized spacial score (nSPS) is 24.1. The molecule has 2 aliphatic heterocycles. The number of carbonyl (C=O) groups is 1. The van der Waals surface area contributed by atoms with Crippen LogP contribution in [0, 0.1) is 18.8 Å². The first kappa shape index (κ1) is 25.1. The fourth-order valence-electron chi connectivity index (χ4n) is 7.26. The fourth-order valence-corrected chi connectivity index (χ4v) is 7.26. The molecular formula is C31H37N7O3. The van der Waals surface area contributed by atoms with Gasteiger partial charge >= 0.3 is 0 Å². The van der Waals surface area contributed by atoms with Crippen LogP contribution in [0.5, 0.6) is 5.75 Å². The zero-order chi connectivity index (χ0) is 28.0. The average molecular weight is 556 g/mol. The van der Waals surface area contributed by atoms with E-state index in [9.17, 15) is 4.79 Å². The fraction of sp³-hybridized carbons (Fsp3) is 0.516. The van der Waals surface area contributed by atoms with Gasteiger partial charge in [0, 0.05) is 62.5 Å². The Morgan fingerprint density at radius 1 is 1.10 bits per heavy atom. The maximum Gasteiger partial charge on any atom is 0.255 e. The topological polar surface area (TPSA) is 103 Å². The average Bonchev–Trinajstić information content (AvgIpc) is 3.36. The minimum atomic E-state index is 0.00355. The van der Waals surface area contributed by atoms with E-state index in [1.807, 2.05) is 21.7 Å². The zero-order valence-corrected chi connectivity index (χ0v) is 23.9. The largest absolute Gasteiger partial charge is 0.494 e. The summed E-state index contributed by atoms with van der Waals surface area (Å²) in [7, 11) is 3.42. The van der Waals surface area contributed by atoms with Crippen molar-refractivity contribution < 1.29 is 14.3 Å². The Kier molecular flexibility index (Phi) is 5.63. The molecule has 10 heteroatoms. The van der Waals surface area contributed by atoms with Crippen molar-refractivity contribution in [3.63, 3.8) is 0 Å². The molecule has 4 aromatic rings. The summed E-state index contributed by atoms with van der Waals surface area (Å²) in [4.78, 5) is 23.0. The maximum absolute atomic E-state index is 13.7. The van der Waals surface area contributed by atoms with Crippen LogP contribution in [0.4, 0.5) is 5.82 Å². The Bertz CT molecular complexity index is 1680. The molecule has 4 aromatic heterocycles. The highest BCUT2D eigenvalue weighted by Crippen LogP contribution is 2.40. The summed E-state index contributed by atoms with van der Waals surface area (Å²) < 4.78 is 15.5. The second-order valence-corrected chi connectivity index (χ2v) is 12.4. The Hall–Kier alpha value is -3.63. The smallest absolute Gasteiger partial charge is 0.255 e. The number of piperidine rings is 1. The third-order valence-electron chi connectivity index (χ3n) is 9.92. The predicted molar refractivity (Wildman–Crippen MR) is 156 cm³/mol. The van der Waals surface area contributed by atoms with Gasteiger partial charge < -0.3 is 29.6 Å². The van der Waals surface area contributed by atoms with Crippen LogP contribution in [0.15, 0.2) is 30.5 Å². The molecule has 2 unspecified atom stereocenters. The van der Waals surface area contributed by atoms with Gasteiger partial charge in [0.1, 0.15) is 28.4 Å². The molecule has 214 valence electrons. The number of hydrogen-bond donors (Lipinski definition) is 1. The van der Waals surface area contributed by atoms with Crippen LogP contribution in [0.2, 0.25) is 0 Å². The summed E-state index contributed by atoms with van der Waals surface area (Å²) in [6.45, 7) is 5.46. The molecule has 2 N–H and O–H groups in total. The number of aryl methyl sites for hydroxylation is 1. The van der Waals surface area contributed by atoms with E-state index in [1.54, 1.807) is 14.2 Å². The van der Waals surface area contributed by atoms with E-state index >= 15 is 0 Å². The highest BCUT2D eigenvalue weighted by Gasteiger charge is 2.47. The number of pyridine rings is 2. The second kappa shape index (κ2) is 9.19. The van der Waals surface area contributed by atoms with Crippen LogP contribution >= 0.6 is 0 Å². The molecule has 2 aliphatic carbocycles. The Balaban J connectivity index is 1.21. The first-order chi connectivity index (χ1) is 19.9. The van der Waals surface area contributed by atoms with E-state index in [1.165, 1.54) is 12.8 Å². The van der Waals surface area contributed by atoms with Crippen molar-refractivity contribution in [2.75, 3.05) is 38.8 Å². The van der Waals surface area contributed by atoms with Crippen molar-refractivity contribution in [1.82, 2.24) is 24.1 Å². The van der Waals surface area contributed by atoms with Gasteiger partial charge in [-0.2, -0.15) is 5.10 Å². The Labute approximate surface area is 239 Å². The number of nitrogens with zero attached hydrogens (tertiary/aromatic N) is 6. The van der Waals surface area contributed by atoms with Crippen molar-refractivity contribution in [3.05, 3.63) is 41.6 Å². The monoisotopic (exact) mass is 555 g/mol. The summed E-state index contributed by atoms with van der Waals surface area (Å²) >= 11 is 0. The summed E-state index contributed by atoms with van der Waals surface area (Å²) in [5, 5.41) is 6.18. The van der Waals surface area contributed by atoms with E-state index in [0.717, 1.165) is 78.3 Å². The first-order valence-electron chi connectivity index (χ1n) is 14.9. The summed E-state index contributed by atoms with van der Waals surface area (Å²) in [6.07, 6.45) is 6.70. The maximum atomic E-state index is 13.7. The molecule has 2 saturated heterocycles. The lowest BCUT2D eigenvalue weighted by atomic mass is 10.1. The molecule has 0 aromatic carbocycles. The number of methoxy groups -OCH3 is 2. The number of nitrogens with two attached hydrogens (primary N) is 1. The predicted octanol–water partition coefficient (Wildman–Crippen LogP) is 3.47. The van der Waals surface area contributed by atoms with Gasteiger partial charge in [-0.05, 0) is 68.7 Å². The number of hydrogen-bond acceptors (Lipinski definition) is 7. The van der Waals surface area contributed by atoms with Crippen molar-refractivity contribution >= 4 is 28.3 Å². The Morgan fingerprint density at radius 2 is 1.93 bits per heavy atom. The lowest BCUT2D eigenvalue weighted by Gasteiger charge is -2.39. The Morgan fingerprint density at radius 3 is 2.61 bits per heavy atom. The van der Waals surface area contributed by atoms with Crippen LogP contribution in [-0.2, 0) is 11.3 Å². The van der Waals surface area contributed by atoms with Crippen molar-refractivity contribution in [3.8, 4) is 17.1 Å². The van der Waals surface area contributed by atoms with Gasteiger partial charge in [-0.3, -0.25) is 4.79 Å². The molecule has 4 fully saturated rings. The molecule has 8 rings (SSSR count). The van der Waals surface area contributed by atoms with Gasteiger partial charge in [0.15, 0.2) is 0 Å². The van der Waals surface area contributed by atoms with Gasteiger partial charge in [0.2, 0.25) is 0 Å². The van der Waals surface area contributed by atoms with Gasteiger partial charge in [0.05, 0.1) is 24.5 Å². The van der Waals surface area contributed by atoms with Crippen LogP contribution in [0.3, 0.4) is 0 Å². The van der Waals surface area contributed by atoms with Crippen molar-refractivity contribution in [2.45, 2.75) is 57.3 Å². The van der Waals surface area contributed by atoms with Crippen LogP contribution in [-0.4, -0.2) is 82.0 Å². The van der Waals surface area contributed by atoms with Crippen molar-refractivity contribution in [1.29, 1.82) is 0 Å². The number of carbonyl (C=O) groups excluding carboxylic acids is 1. The summed E-state index contributed by atoms with van der Waals surface area (Å²) in [5.41, 5.74) is 11.8. The van der Waals surface area contributed by atoms with Crippen LogP contribution in [0.1, 0.15) is 41.6 Å². The molecule has 10 nitrogen and oxygen atoms in total. The van der Waals surface area contributed by atoms with Crippen LogP contribution in [0.25, 0.3) is 27.9 Å². The molecule has 41 heavy (non-hydrogen) atoms. The lowest BCUT2D eigenvalue weighted by molar-refractivity contribution is 0.0699. The van der Waals surface area contributed by atoms with E-state index in [2.05, 4.69) is 34.6 Å². The molecule has 3 atom stereocenters. The molecule has 2 saturated carbocycles. The zero-order valence-electron chi connectivity index (χ0n) is 23.9. The molecule has 1 amide bonds. The van der Waals surface area contributed by atoms with Gasteiger partial charge in [-0.1, -0.05) is 0 Å². The van der Waals surface area contributed by atoms with E-state index in [-0.39, 0.29) is 24.1 Å². The third kappa shape index (κ3) is 3.87. The first-order valence-corrected chi connectivity index (χ1v) is 14.9. The SMILES string of the molecule is COc1cc(C(=O)N2CC3CCC2[C@@H]3N)cn2nc(-c3cc4ccc(N5CC(OC)C5)nc4n3CC3CC3)c(C)c12. The molecule has 2 bridgehead atoms. The molecular weight excluding hydrogens is 518 g/mol. The van der Waals surface area contributed by atoms with Crippen LogP contribution < -0.4 is 15.4 Å². The third-order valence-corrected chi connectivity index (χ3v) is 9.92. The molecule has 0 spiro atoms. The minimum absolute atomic E-state index is 0.00355. The number of rotatable bonds is 7. The number of amides is 1. The van der Waals surface area contributed by atoms with Gasteiger partial charge in [-0.15, -0.1) is 0 Å². The number of fused-ring (bicyclic) bond motifs is 4. The number of aromatic nitrogens is 4. The second-order valence-electron chi connectivity index (χ2n) is 12.4. The quantitative estimate of drug-likeness (QED) is 0.373. The molecule has 0 radical (unpaired) electrons. The highest BCUT2D eigenvalue weighted by atomic mass is 16.5. The highest BCUT2D eigenvalue weighted by molar-refractivity contribution is 5.96.